The van der Waals surface area contributed by atoms with Gasteiger partial charge in [-0.2, -0.15) is 5.10 Å². The van der Waals surface area contributed by atoms with Crippen LogP contribution in [0, 0.1) is 12.3 Å². The second-order valence-corrected chi connectivity index (χ2v) is 10.5. The van der Waals surface area contributed by atoms with E-state index in [1.54, 1.807) is 6.20 Å². The highest BCUT2D eigenvalue weighted by atomic mass is 35.5. The molecule has 0 radical (unpaired) electrons. The lowest BCUT2D eigenvalue weighted by atomic mass is 9.71. The van der Waals surface area contributed by atoms with E-state index in [-0.39, 0.29) is 23.6 Å². The van der Waals surface area contributed by atoms with Gasteiger partial charge < -0.3 is 5.32 Å². The van der Waals surface area contributed by atoms with Crippen LogP contribution in [0.1, 0.15) is 50.5 Å². The van der Waals surface area contributed by atoms with Crippen LogP contribution in [0.3, 0.4) is 0 Å². The highest BCUT2D eigenvalue weighted by Crippen LogP contribution is 2.42. The fraction of sp³-hybridized carbons (Fsp3) is 0.265. The van der Waals surface area contributed by atoms with Crippen LogP contribution in [-0.4, -0.2) is 26.1 Å². The molecule has 0 unspecified atom stereocenters. The smallest absolute Gasteiger partial charge is 0.304 e. The number of aromatic nitrogens is 4. The largest absolute Gasteiger partial charge is 0.347 e. The minimum atomic E-state index is -0.257. The maximum Gasteiger partial charge on any atom is 0.347 e. The number of hydrogen-bond donors (Lipinski definition) is 2. The number of unbranched alkanes of at least 4 members (excludes halogenated alkanes) is 3. The van der Waals surface area contributed by atoms with Gasteiger partial charge in [0.25, 0.3) is 0 Å². The molecular weight excluding hydrogens is 530 g/mol. The lowest BCUT2D eigenvalue weighted by Gasteiger charge is -2.43. The molecule has 2 aromatic carbocycles. The molecule has 0 aliphatic heterocycles. The van der Waals surface area contributed by atoms with Gasteiger partial charge in [-0.1, -0.05) is 66.7 Å². The summed E-state index contributed by atoms with van der Waals surface area (Å²) >= 11 is 0. The number of nitrogens with zero attached hydrogens (tertiary/aromatic N) is 3. The summed E-state index contributed by atoms with van der Waals surface area (Å²) in [7, 11) is 0. The number of hydrogen-bond acceptors (Lipinski definition) is 4. The fourth-order valence-electron chi connectivity index (χ4n) is 5.66. The van der Waals surface area contributed by atoms with Gasteiger partial charge in [0.2, 0.25) is 0 Å². The third kappa shape index (κ3) is 5.69. The summed E-state index contributed by atoms with van der Waals surface area (Å²) < 4.78 is 1.52. The van der Waals surface area contributed by atoms with Crippen molar-refractivity contribution < 1.29 is 0 Å². The molecule has 3 aromatic heterocycles. The van der Waals surface area contributed by atoms with Crippen LogP contribution in [0.4, 0.5) is 0 Å². The van der Waals surface area contributed by atoms with Crippen molar-refractivity contribution in [2.75, 3.05) is 6.54 Å². The Bertz CT molecular complexity index is 1760. The zero-order valence-corrected chi connectivity index (χ0v) is 23.8. The number of nitrogens with one attached hydrogen (secondary N) is 2. The Morgan fingerprint density at radius 3 is 2.56 bits per heavy atom. The van der Waals surface area contributed by atoms with Gasteiger partial charge in [-0.25, -0.2) is 19.3 Å². The molecule has 6 nitrogen and oxygen atoms in total. The predicted molar refractivity (Wildman–Crippen MR) is 169 cm³/mol. The number of rotatable bonds is 10. The Labute approximate surface area is 246 Å². The first-order valence-corrected chi connectivity index (χ1v) is 14.1. The lowest BCUT2D eigenvalue weighted by Crippen LogP contribution is -2.48. The van der Waals surface area contributed by atoms with Crippen LogP contribution in [0.5, 0.6) is 0 Å². The van der Waals surface area contributed by atoms with Crippen molar-refractivity contribution in [1.82, 2.24) is 24.9 Å². The molecule has 0 spiro atoms. The van der Waals surface area contributed by atoms with Gasteiger partial charge >= 0.3 is 5.69 Å². The van der Waals surface area contributed by atoms with Crippen molar-refractivity contribution in [3.63, 3.8) is 0 Å². The highest BCUT2D eigenvalue weighted by Gasteiger charge is 2.37. The van der Waals surface area contributed by atoms with E-state index >= 15 is 0 Å². The van der Waals surface area contributed by atoms with E-state index < -0.39 is 0 Å². The van der Waals surface area contributed by atoms with Crippen LogP contribution in [-0.2, 0) is 5.54 Å². The molecule has 5 aromatic rings. The van der Waals surface area contributed by atoms with Gasteiger partial charge in [-0.3, -0.25) is 0 Å². The first-order valence-electron chi connectivity index (χ1n) is 14.1. The number of fused-ring (bicyclic) bond motifs is 3. The summed E-state index contributed by atoms with van der Waals surface area (Å²) in [6.07, 6.45) is 19.3. The van der Waals surface area contributed by atoms with E-state index in [1.807, 2.05) is 24.3 Å². The summed E-state index contributed by atoms with van der Waals surface area (Å²) in [6.45, 7) is 0.867. The second-order valence-electron chi connectivity index (χ2n) is 10.5. The van der Waals surface area contributed by atoms with Crippen LogP contribution in [0.2, 0.25) is 0 Å². The molecule has 1 aliphatic carbocycles. The fourth-order valence-corrected chi connectivity index (χ4v) is 5.66. The molecule has 1 saturated carbocycles. The number of benzene rings is 2. The predicted octanol–water partition coefficient (Wildman–Crippen LogP) is 7.05. The Morgan fingerprint density at radius 1 is 1.02 bits per heavy atom. The minimum absolute atomic E-state index is 0. The Morgan fingerprint density at radius 2 is 1.83 bits per heavy atom. The summed E-state index contributed by atoms with van der Waals surface area (Å²) in [5.74, 6) is 2.71. The van der Waals surface area contributed by atoms with E-state index in [0.717, 1.165) is 78.4 Å². The second kappa shape index (κ2) is 12.6. The molecule has 3 heterocycles. The normalized spacial score (nSPS) is 14.1. The molecule has 0 bridgehead atoms. The van der Waals surface area contributed by atoms with Gasteiger partial charge in [0.15, 0.2) is 5.65 Å². The van der Waals surface area contributed by atoms with Crippen LogP contribution in [0.15, 0.2) is 89.9 Å². The van der Waals surface area contributed by atoms with Crippen molar-refractivity contribution in [3.05, 3.63) is 101 Å². The van der Waals surface area contributed by atoms with Gasteiger partial charge in [0.05, 0.1) is 11.2 Å². The molecule has 2 N–H and O–H groups in total. The topological polar surface area (TPSA) is 75.1 Å². The number of terminal acetylenes is 1. The summed E-state index contributed by atoms with van der Waals surface area (Å²) in [5.41, 5.74) is 6.52. The number of aromatic amines is 1. The van der Waals surface area contributed by atoms with E-state index in [2.05, 4.69) is 76.1 Å². The average Bonchev–Trinajstić information content (AvgIpc) is 3.36. The third-order valence-corrected chi connectivity index (χ3v) is 8.05. The SMILES string of the molecule is C#CCCCC/C=C/CNC1(c2ccc(-c3nc4ccn5c(=O)[nH]nc5c4cc3-c3ccccc3)cc2)CCC1.Cl. The number of allylic oxidation sites excluding steroid dienone is 1. The van der Waals surface area contributed by atoms with Crippen LogP contribution < -0.4 is 11.0 Å². The zero-order valence-electron chi connectivity index (χ0n) is 23.0. The van der Waals surface area contributed by atoms with Gasteiger partial charge in [-0.05, 0) is 61.8 Å². The molecule has 0 amide bonds. The standard InChI is InChI=1S/C34H33N5O.ClH/c1-2-3-4-5-6-7-11-22-35-34(20-12-21-34)27-17-15-26(16-18-27)31-28(25-13-9-8-10-14-25)24-29-30(36-31)19-23-39-32(29)37-38-33(39)40;/h1,7-11,13-19,23-24,35H,3-6,12,20-22H2,(H,38,40);1H/b11-7+;. The molecule has 1 aliphatic rings. The Hall–Kier alpha value is -4.18. The average molecular weight is 564 g/mol. The number of pyridine rings is 2. The first-order chi connectivity index (χ1) is 19.7. The number of H-pyrrole nitrogens is 1. The highest BCUT2D eigenvalue weighted by molar-refractivity contribution is 5.98. The lowest BCUT2D eigenvalue weighted by molar-refractivity contribution is 0.193. The van der Waals surface area contributed by atoms with Crippen molar-refractivity contribution in [3.8, 4) is 34.7 Å². The molecule has 1 fully saturated rings. The van der Waals surface area contributed by atoms with Crippen molar-refractivity contribution in [1.29, 1.82) is 0 Å². The number of halogens is 1. The maximum absolute atomic E-state index is 12.2. The Balaban J connectivity index is 0.00000337. The quantitative estimate of drug-likeness (QED) is 0.108. The van der Waals surface area contributed by atoms with E-state index in [4.69, 9.17) is 11.4 Å². The summed E-state index contributed by atoms with van der Waals surface area (Å²) in [5, 5.41) is 11.5. The van der Waals surface area contributed by atoms with Crippen LogP contribution in [0.25, 0.3) is 38.9 Å². The maximum atomic E-state index is 12.2. The first kappa shape index (κ1) is 28.4. The summed E-state index contributed by atoms with van der Waals surface area (Å²) in [6, 6.07) is 23.1. The van der Waals surface area contributed by atoms with E-state index in [1.165, 1.54) is 16.4 Å². The van der Waals surface area contributed by atoms with Gasteiger partial charge in [-0.15, -0.1) is 24.8 Å². The van der Waals surface area contributed by atoms with E-state index in [9.17, 15) is 4.79 Å². The molecule has 208 valence electrons. The van der Waals surface area contributed by atoms with Crippen molar-refractivity contribution in [2.45, 2.75) is 50.5 Å². The van der Waals surface area contributed by atoms with Crippen molar-refractivity contribution >= 4 is 29.0 Å². The monoisotopic (exact) mass is 563 g/mol. The molecule has 41 heavy (non-hydrogen) atoms. The molecular formula is C34H34ClN5O. The van der Waals surface area contributed by atoms with Crippen molar-refractivity contribution in [2.24, 2.45) is 0 Å². The van der Waals surface area contributed by atoms with E-state index in [0.29, 0.717) is 5.65 Å². The summed E-state index contributed by atoms with van der Waals surface area (Å²) in [4.78, 5) is 17.3. The molecule has 7 heteroatoms. The minimum Gasteiger partial charge on any atom is -0.304 e. The zero-order chi connectivity index (χ0) is 27.4. The molecule has 0 atom stereocenters. The molecule has 6 rings (SSSR count). The Kier molecular flexibility index (Phi) is 8.68. The third-order valence-electron chi connectivity index (χ3n) is 8.05. The van der Waals surface area contributed by atoms with Crippen LogP contribution >= 0.6 is 12.4 Å². The van der Waals surface area contributed by atoms with Gasteiger partial charge in [0.1, 0.15) is 0 Å². The van der Waals surface area contributed by atoms with Gasteiger partial charge in [0, 0.05) is 41.2 Å². The molecule has 0 saturated heterocycles.